The van der Waals surface area contributed by atoms with Crippen molar-refractivity contribution in [3.05, 3.63) is 141 Å². The summed E-state index contributed by atoms with van der Waals surface area (Å²) < 4.78 is 94.2. The van der Waals surface area contributed by atoms with E-state index in [4.69, 9.17) is 51.6 Å². The Balaban J connectivity index is 0.000000188. The van der Waals surface area contributed by atoms with Crippen molar-refractivity contribution in [3.63, 3.8) is 0 Å². The first-order valence-electron chi connectivity index (χ1n) is 32.7. The van der Waals surface area contributed by atoms with E-state index in [2.05, 4.69) is 55.7 Å². The minimum absolute atomic E-state index is 0.00425. The Morgan fingerprint density at radius 3 is 1.39 bits per heavy atom. The van der Waals surface area contributed by atoms with Crippen molar-refractivity contribution >= 4 is 66.4 Å². The zero-order valence-electron chi connectivity index (χ0n) is 53.2. The molecular formula is C70H90Cl2N4O14S2. The summed E-state index contributed by atoms with van der Waals surface area (Å²) >= 11 is 12.8. The number of rotatable bonds is 10. The molecule has 22 heteroatoms. The van der Waals surface area contributed by atoms with E-state index >= 15 is 0 Å². The van der Waals surface area contributed by atoms with Crippen molar-refractivity contribution in [1.29, 1.82) is 0 Å². The number of sulfonamides is 2. The number of allylic oxidation sites excluding steroid dienone is 2. The maximum atomic E-state index is 13.6. The smallest absolute Gasteiger partial charge is 0.264 e. The number of carbonyl (C=O) groups is 2. The quantitative estimate of drug-likeness (QED) is 0.108. The van der Waals surface area contributed by atoms with Gasteiger partial charge in [-0.05, 0) is 209 Å². The van der Waals surface area contributed by atoms with Crippen LogP contribution in [-0.2, 0) is 62.7 Å². The number of hydrogen-bond acceptors (Lipinski definition) is 16. The van der Waals surface area contributed by atoms with Gasteiger partial charge in [0.15, 0.2) is 0 Å². The summed E-state index contributed by atoms with van der Waals surface area (Å²) in [4.78, 5) is 31.9. The maximum absolute atomic E-state index is 13.6. The predicted molar refractivity (Wildman–Crippen MR) is 357 cm³/mol. The van der Waals surface area contributed by atoms with Gasteiger partial charge in [0.1, 0.15) is 11.5 Å². The summed E-state index contributed by atoms with van der Waals surface area (Å²) in [5, 5.41) is 20.4. The fourth-order valence-electron chi connectivity index (χ4n) is 15.9. The third-order valence-corrected chi connectivity index (χ3v) is 25.0. The second-order valence-electron chi connectivity index (χ2n) is 26.9. The van der Waals surface area contributed by atoms with Crippen LogP contribution in [0.3, 0.4) is 0 Å². The first kappa shape index (κ1) is 68.1. The van der Waals surface area contributed by atoms with E-state index in [1.165, 1.54) is 36.5 Å². The predicted octanol–water partition coefficient (Wildman–Crippen LogP) is 10.1. The molecule has 500 valence electrons. The largest absolute Gasteiger partial charge is 0.490 e. The molecule has 0 unspecified atom stereocenters. The van der Waals surface area contributed by atoms with Gasteiger partial charge in [-0.2, -0.15) is 0 Å². The molecule has 4 aliphatic heterocycles. The third kappa shape index (κ3) is 15.0. The number of methoxy groups -OCH3 is 4. The van der Waals surface area contributed by atoms with Gasteiger partial charge in [0.05, 0.1) is 72.7 Å². The SMILES string of the molecule is COC[C@@H](O)C[C@@H]1CC/C=C/[C@H](OC)[C@@H]2CC[C@H]2CN2C[C@@]3(CCCc4cc(Cl)ccc43)COc3ccc(cc32)C(=O)NS1(=O)=O.COC[C@@H](O)C[C@H]1CC/C=C/[C@H](OC)[C@@H]2CC[C@H]2CN2C[C@@]3(CCCc4cc(Cl)ccc43)COc3ccc(cc32)C(=O)NS1(=O)=O. The number of amides is 2. The summed E-state index contributed by atoms with van der Waals surface area (Å²) in [5.41, 5.74) is 6.56. The van der Waals surface area contributed by atoms with Gasteiger partial charge in [-0.1, -0.05) is 59.6 Å². The van der Waals surface area contributed by atoms with Crippen LogP contribution in [0.25, 0.3) is 0 Å². The fraction of sp³-hybridized carbons (Fsp3) is 0.571. The van der Waals surface area contributed by atoms with Crippen LogP contribution in [0.5, 0.6) is 11.5 Å². The van der Waals surface area contributed by atoms with Gasteiger partial charge in [-0.25, -0.2) is 26.3 Å². The van der Waals surface area contributed by atoms with E-state index in [1.54, 1.807) is 50.6 Å². The van der Waals surface area contributed by atoms with Crippen LogP contribution in [0, 0.1) is 23.7 Å². The third-order valence-electron chi connectivity index (χ3n) is 20.9. The highest BCUT2D eigenvalue weighted by atomic mass is 35.5. The Morgan fingerprint density at radius 2 is 1.01 bits per heavy atom. The van der Waals surface area contributed by atoms with Crippen LogP contribution >= 0.6 is 23.2 Å². The maximum Gasteiger partial charge on any atom is 0.264 e. The number of nitrogens with zero attached hydrogens (tertiary/aromatic N) is 2. The molecule has 2 amide bonds. The first-order valence-corrected chi connectivity index (χ1v) is 36.6. The van der Waals surface area contributed by atoms with E-state index in [1.807, 2.05) is 24.3 Å². The summed E-state index contributed by atoms with van der Waals surface area (Å²) in [6.07, 6.45) is 17.3. The first-order chi connectivity index (χ1) is 44.2. The Hall–Kier alpha value is -5.26. The highest BCUT2D eigenvalue weighted by Gasteiger charge is 2.47. The summed E-state index contributed by atoms with van der Waals surface area (Å²) in [5.74, 6) is 1.32. The lowest BCUT2D eigenvalue weighted by atomic mass is 9.68. The van der Waals surface area contributed by atoms with Crippen LogP contribution < -0.4 is 28.7 Å². The molecule has 0 aromatic heterocycles. The molecule has 18 nitrogen and oxygen atoms in total. The van der Waals surface area contributed by atoms with E-state index in [0.29, 0.717) is 74.3 Å². The molecule has 12 atom stereocenters. The molecule has 2 spiro atoms. The van der Waals surface area contributed by atoms with E-state index in [9.17, 15) is 36.6 Å². The highest BCUT2D eigenvalue weighted by molar-refractivity contribution is 7.91. The Kier molecular flexibility index (Phi) is 21.8. The number of carbonyl (C=O) groups excluding carboxylic acids is 2. The molecule has 12 rings (SSSR count). The summed E-state index contributed by atoms with van der Waals surface area (Å²) in [6.45, 7) is 3.93. The van der Waals surface area contributed by atoms with E-state index in [-0.39, 0.29) is 73.1 Å². The number of aliphatic hydroxyl groups excluding tert-OH is 2. The van der Waals surface area contributed by atoms with Crippen molar-refractivity contribution in [2.45, 2.75) is 148 Å². The van der Waals surface area contributed by atoms with Crippen molar-refractivity contribution in [2.24, 2.45) is 23.7 Å². The fourth-order valence-corrected chi connectivity index (χ4v) is 19.2. The second kappa shape index (κ2) is 29.4. The van der Waals surface area contributed by atoms with Gasteiger partial charge in [-0.15, -0.1) is 0 Å². The van der Waals surface area contributed by atoms with Gasteiger partial charge in [0.2, 0.25) is 20.0 Å². The molecule has 4 bridgehead atoms. The zero-order valence-corrected chi connectivity index (χ0v) is 56.4. The normalized spacial score (nSPS) is 30.5. The molecule has 0 radical (unpaired) electrons. The number of aryl methyl sites for hydroxylation is 2. The zero-order chi connectivity index (χ0) is 65.0. The summed E-state index contributed by atoms with van der Waals surface area (Å²) in [7, 11) is -1.89. The number of anilines is 2. The molecule has 4 aromatic carbocycles. The van der Waals surface area contributed by atoms with Crippen molar-refractivity contribution in [2.75, 3.05) is 90.8 Å². The summed E-state index contributed by atoms with van der Waals surface area (Å²) in [6, 6.07) is 22.7. The standard InChI is InChI=1S/2C35H45ClN2O7S/c2*1-43-20-27(39)18-28-7-3-4-8-32(44-2)29-12-9-25(29)19-38-21-35(15-5-6-23-16-26(36)11-13-30(23)35)22-45-33-14-10-24(17-31(33)38)34(40)37-46(28,41)42/h2*4,8,10-11,13-14,16-17,25,27-29,32,39H,3,5-7,9,12,15,18-22H2,1-2H3,(H,37,40)/b2*8-4+/t25-,27-,28+,29+,32-,35-;25-,27-,28-,29+,32-,35-/m00/s1. The number of ether oxygens (including phenoxy) is 6. The molecule has 4 N–H and O–H groups in total. The number of hydrogen-bond donors (Lipinski definition) is 4. The average molecular weight is 1350 g/mol. The van der Waals surface area contributed by atoms with E-state index < -0.39 is 54.6 Å². The Bertz CT molecular complexity index is 3360. The molecule has 4 aliphatic carbocycles. The topological polar surface area (TPSA) is 229 Å². The minimum atomic E-state index is -4.13. The van der Waals surface area contributed by atoms with Crippen LogP contribution in [0.2, 0.25) is 10.0 Å². The van der Waals surface area contributed by atoms with Crippen molar-refractivity contribution in [1.82, 2.24) is 9.44 Å². The van der Waals surface area contributed by atoms with Gasteiger partial charge < -0.3 is 48.4 Å². The van der Waals surface area contributed by atoms with Crippen molar-refractivity contribution < 1.29 is 65.1 Å². The number of fused-ring (bicyclic) bond motifs is 8. The Morgan fingerprint density at radius 1 is 0.587 bits per heavy atom. The number of aliphatic hydroxyl groups is 2. The van der Waals surface area contributed by atoms with Crippen LogP contribution in [0.15, 0.2) is 97.1 Å². The van der Waals surface area contributed by atoms with E-state index in [0.717, 1.165) is 98.7 Å². The lowest BCUT2D eigenvalue weighted by Crippen LogP contribution is -2.49. The lowest BCUT2D eigenvalue weighted by molar-refractivity contribution is 0.0131. The monoisotopic (exact) mass is 1340 g/mol. The number of halogens is 2. The minimum Gasteiger partial charge on any atom is -0.490 e. The van der Waals surface area contributed by atoms with Gasteiger partial charge in [-0.3, -0.25) is 9.59 Å². The van der Waals surface area contributed by atoms with Crippen LogP contribution in [-0.4, -0.2) is 155 Å². The molecular weight excluding hydrogens is 1260 g/mol. The van der Waals surface area contributed by atoms with Crippen molar-refractivity contribution in [3.8, 4) is 11.5 Å². The average Bonchev–Trinajstić information content (AvgIpc) is 1.48. The van der Waals surface area contributed by atoms with Gasteiger partial charge >= 0.3 is 0 Å². The van der Waals surface area contributed by atoms with Crippen LogP contribution in [0.4, 0.5) is 11.4 Å². The molecule has 0 saturated heterocycles. The van der Waals surface area contributed by atoms with Gasteiger partial charge in [0, 0.05) is 86.6 Å². The second-order valence-corrected chi connectivity index (χ2v) is 31.7. The van der Waals surface area contributed by atoms with Gasteiger partial charge in [0.25, 0.3) is 11.8 Å². The number of nitrogens with one attached hydrogen (secondary N) is 2. The lowest BCUT2D eigenvalue weighted by Gasteiger charge is -2.46. The molecule has 2 saturated carbocycles. The molecule has 2 fully saturated rings. The molecule has 4 aromatic rings. The Labute approximate surface area is 552 Å². The highest BCUT2D eigenvalue weighted by Crippen LogP contribution is 2.50. The van der Waals surface area contributed by atoms with Crippen LogP contribution in [0.1, 0.15) is 133 Å². The molecule has 8 aliphatic rings. The molecule has 4 heterocycles. The molecule has 92 heavy (non-hydrogen) atoms. The number of benzene rings is 4.